The van der Waals surface area contributed by atoms with E-state index in [-0.39, 0.29) is 11.7 Å². The van der Waals surface area contributed by atoms with Crippen LogP contribution in [0.25, 0.3) is 21.8 Å². The van der Waals surface area contributed by atoms with E-state index in [1.807, 2.05) is 24.4 Å². The van der Waals surface area contributed by atoms with Crippen molar-refractivity contribution < 1.29 is 9.18 Å². The summed E-state index contributed by atoms with van der Waals surface area (Å²) in [6.07, 6.45) is 8.63. The summed E-state index contributed by atoms with van der Waals surface area (Å²) in [6, 6.07) is 12.7. The molecule has 2 aliphatic rings. The Labute approximate surface area is 185 Å². The van der Waals surface area contributed by atoms with Crippen LogP contribution >= 0.6 is 0 Å². The summed E-state index contributed by atoms with van der Waals surface area (Å²) in [4.78, 5) is 17.1. The van der Waals surface area contributed by atoms with Crippen LogP contribution in [0, 0.1) is 23.6 Å². The number of benzene rings is 2. The first kappa shape index (κ1) is 19.4. The zero-order valence-corrected chi connectivity index (χ0v) is 17.7. The van der Waals surface area contributed by atoms with Crippen LogP contribution in [0.5, 0.6) is 0 Å². The van der Waals surface area contributed by atoms with Crippen LogP contribution in [-0.2, 0) is 4.79 Å². The van der Waals surface area contributed by atoms with Crippen molar-refractivity contribution in [2.24, 2.45) is 17.8 Å². The molecule has 0 spiro atoms. The lowest BCUT2D eigenvalue weighted by atomic mass is 9.89. The van der Waals surface area contributed by atoms with E-state index in [2.05, 4.69) is 26.6 Å². The molecule has 2 aromatic heterocycles. The van der Waals surface area contributed by atoms with Crippen molar-refractivity contribution in [3.05, 3.63) is 66.2 Å². The smallest absolute Gasteiger partial charge is 0.224 e. The van der Waals surface area contributed by atoms with Gasteiger partial charge in [0.05, 0.1) is 17.2 Å². The van der Waals surface area contributed by atoms with Crippen LogP contribution < -0.4 is 5.32 Å². The molecule has 0 saturated heterocycles. The molecular weight excluding hydrogens is 403 g/mol. The fourth-order valence-corrected chi connectivity index (χ4v) is 6.15. The SMILES string of the molecule is O=C(C[C@@H]1C[C@@H]2C[C@H](c3ccnc4ccc(F)cc34)C[C@@H]2C1)Nc1ccc2[nH]ncc2c1. The molecule has 2 aliphatic carbocycles. The number of nitrogens with one attached hydrogen (secondary N) is 2. The molecule has 5 nitrogen and oxygen atoms in total. The van der Waals surface area contributed by atoms with Gasteiger partial charge in [-0.1, -0.05) is 0 Å². The highest BCUT2D eigenvalue weighted by atomic mass is 19.1. The van der Waals surface area contributed by atoms with E-state index >= 15 is 0 Å². The normalized spacial score (nSPS) is 24.8. The fourth-order valence-electron chi connectivity index (χ4n) is 6.15. The van der Waals surface area contributed by atoms with Crippen molar-refractivity contribution in [2.45, 2.75) is 38.0 Å². The molecule has 4 atom stereocenters. The van der Waals surface area contributed by atoms with Crippen LogP contribution in [0.3, 0.4) is 0 Å². The molecule has 0 aliphatic heterocycles. The van der Waals surface area contributed by atoms with Crippen molar-refractivity contribution in [3.63, 3.8) is 0 Å². The number of carbonyl (C=O) groups is 1. The van der Waals surface area contributed by atoms with Crippen molar-refractivity contribution in [2.75, 3.05) is 5.32 Å². The number of carbonyl (C=O) groups excluding carboxylic acids is 1. The standard InChI is InChI=1S/C26H25FN4O/c27-20-1-3-25-23(13-20)22(5-6-28-25)18-10-16-7-15(8-17(16)11-18)9-26(32)30-21-2-4-24-19(12-21)14-29-31-24/h1-6,12-18H,7-11H2,(H,29,31)(H,30,32)/t15-,16-,17+,18+. The van der Waals surface area contributed by atoms with Gasteiger partial charge in [-0.3, -0.25) is 14.9 Å². The zero-order chi connectivity index (χ0) is 21.7. The monoisotopic (exact) mass is 428 g/mol. The number of halogens is 1. The van der Waals surface area contributed by atoms with E-state index in [0.717, 1.165) is 53.2 Å². The summed E-state index contributed by atoms with van der Waals surface area (Å²) in [5.74, 6) is 2.07. The van der Waals surface area contributed by atoms with Crippen molar-refractivity contribution in [1.82, 2.24) is 15.2 Å². The third-order valence-electron chi connectivity index (χ3n) is 7.49. The minimum atomic E-state index is -0.206. The van der Waals surface area contributed by atoms with Crippen LogP contribution in [0.15, 0.2) is 54.9 Å². The van der Waals surface area contributed by atoms with Gasteiger partial charge in [0, 0.05) is 29.1 Å². The Bertz CT molecular complexity index is 1300. The summed E-state index contributed by atoms with van der Waals surface area (Å²) in [7, 11) is 0. The molecule has 32 heavy (non-hydrogen) atoms. The maximum atomic E-state index is 13.9. The molecule has 0 bridgehead atoms. The predicted octanol–water partition coefficient (Wildman–Crippen LogP) is 5.80. The minimum absolute atomic E-state index is 0.0879. The van der Waals surface area contributed by atoms with Crippen molar-refractivity contribution in [3.8, 4) is 0 Å². The molecule has 6 heteroatoms. The fraction of sp³-hybridized carbons (Fsp3) is 0.346. The molecule has 4 aromatic rings. The topological polar surface area (TPSA) is 70.7 Å². The number of nitrogens with zero attached hydrogens (tertiary/aromatic N) is 2. The summed E-state index contributed by atoms with van der Waals surface area (Å²) in [5.41, 5.74) is 3.88. The number of aromatic nitrogens is 3. The van der Waals surface area contributed by atoms with Gasteiger partial charge in [0.1, 0.15) is 5.82 Å². The Hall–Kier alpha value is -3.28. The molecular formula is C26H25FN4O. The molecule has 2 fully saturated rings. The Morgan fingerprint density at radius 2 is 1.91 bits per heavy atom. The quantitative estimate of drug-likeness (QED) is 0.432. The van der Waals surface area contributed by atoms with E-state index in [1.165, 1.54) is 11.6 Å². The highest BCUT2D eigenvalue weighted by Gasteiger charge is 2.42. The lowest BCUT2D eigenvalue weighted by Crippen LogP contribution is -2.15. The molecule has 2 aromatic carbocycles. The predicted molar refractivity (Wildman–Crippen MR) is 123 cm³/mol. The van der Waals surface area contributed by atoms with Gasteiger partial charge in [-0.25, -0.2) is 4.39 Å². The molecule has 6 rings (SSSR count). The van der Waals surface area contributed by atoms with Crippen LogP contribution in [-0.4, -0.2) is 21.1 Å². The number of pyridine rings is 1. The Morgan fingerprint density at radius 3 is 2.75 bits per heavy atom. The second-order valence-corrected chi connectivity index (χ2v) is 9.51. The largest absolute Gasteiger partial charge is 0.326 e. The number of hydrogen-bond acceptors (Lipinski definition) is 3. The second kappa shape index (κ2) is 7.69. The van der Waals surface area contributed by atoms with Gasteiger partial charge < -0.3 is 5.32 Å². The van der Waals surface area contributed by atoms with Gasteiger partial charge in [-0.05, 0) is 97.4 Å². The summed E-state index contributed by atoms with van der Waals surface area (Å²) in [5, 5.41) is 11.9. The second-order valence-electron chi connectivity index (χ2n) is 9.51. The average molecular weight is 429 g/mol. The Kier molecular flexibility index (Phi) is 4.67. The molecule has 1 amide bonds. The number of hydrogen-bond donors (Lipinski definition) is 2. The number of anilines is 1. The minimum Gasteiger partial charge on any atom is -0.326 e. The van der Waals surface area contributed by atoms with Crippen LogP contribution in [0.2, 0.25) is 0 Å². The lowest BCUT2D eigenvalue weighted by molar-refractivity contribution is -0.117. The third-order valence-corrected chi connectivity index (χ3v) is 7.49. The maximum absolute atomic E-state index is 13.9. The summed E-state index contributed by atoms with van der Waals surface area (Å²) in [6.45, 7) is 0. The van der Waals surface area contributed by atoms with Gasteiger partial charge in [0.15, 0.2) is 0 Å². The highest BCUT2D eigenvalue weighted by molar-refractivity contribution is 5.93. The number of amides is 1. The van der Waals surface area contributed by atoms with E-state index in [4.69, 9.17) is 0 Å². The number of H-pyrrole nitrogens is 1. The molecule has 0 unspecified atom stereocenters. The van der Waals surface area contributed by atoms with Gasteiger partial charge in [0.2, 0.25) is 5.91 Å². The molecule has 162 valence electrons. The molecule has 0 radical (unpaired) electrons. The van der Waals surface area contributed by atoms with E-state index in [1.54, 1.807) is 18.3 Å². The van der Waals surface area contributed by atoms with Crippen LogP contribution in [0.1, 0.15) is 43.6 Å². The van der Waals surface area contributed by atoms with E-state index in [0.29, 0.717) is 30.1 Å². The first-order valence-corrected chi connectivity index (χ1v) is 11.4. The zero-order valence-electron chi connectivity index (χ0n) is 17.7. The van der Waals surface area contributed by atoms with E-state index < -0.39 is 0 Å². The third kappa shape index (κ3) is 3.53. The Morgan fingerprint density at radius 1 is 1.06 bits per heavy atom. The van der Waals surface area contributed by atoms with Crippen molar-refractivity contribution in [1.29, 1.82) is 0 Å². The Balaban J connectivity index is 1.09. The first-order chi connectivity index (χ1) is 15.6. The molecule has 2 N–H and O–H groups in total. The lowest BCUT2D eigenvalue weighted by Gasteiger charge is -2.17. The van der Waals surface area contributed by atoms with Crippen molar-refractivity contribution >= 4 is 33.4 Å². The first-order valence-electron chi connectivity index (χ1n) is 11.4. The van der Waals surface area contributed by atoms with E-state index in [9.17, 15) is 9.18 Å². The number of aromatic amines is 1. The maximum Gasteiger partial charge on any atom is 0.224 e. The number of fused-ring (bicyclic) bond motifs is 3. The van der Waals surface area contributed by atoms with Gasteiger partial charge in [-0.2, -0.15) is 5.10 Å². The van der Waals surface area contributed by atoms with Gasteiger partial charge in [-0.15, -0.1) is 0 Å². The van der Waals surface area contributed by atoms with Crippen LogP contribution in [0.4, 0.5) is 10.1 Å². The summed E-state index contributed by atoms with van der Waals surface area (Å²) >= 11 is 0. The molecule has 2 saturated carbocycles. The summed E-state index contributed by atoms with van der Waals surface area (Å²) < 4.78 is 13.9. The molecule has 2 heterocycles. The average Bonchev–Trinajstić information content (AvgIpc) is 3.47. The van der Waals surface area contributed by atoms with Gasteiger partial charge in [0.25, 0.3) is 0 Å². The highest BCUT2D eigenvalue weighted by Crippen LogP contribution is 2.53. The van der Waals surface area contributed by atoms with Gasteiger partial charge >= 0.3 is 0 Å². The number of rotatable bonds is 4.